The quantitative estimate of drug-likeness (QED) is 0.670. The second kappa shape index (κ2) is 7.24. The summed E-state index contributed by atoms with van der Waals surface area (Å²) in [7, 11) is 1.91. The molecule has 1 aromatic heterocycles. The van der Waals surface area contributed by atoms with Crippen LogP contribution in [0.1, 0.15) is 22.9 Å². The summed E-state index contributed by atoms with van der Waals surface area (Å²) in [5.74, 6) is 0.119. The molecule has 1 aliphatic rings. The molecule has 2 unspecified atom stereocenters. The van der Waals surface area contributed by atoms with Crippen LogP contribution < -0.4 is 0 Å². The summed E-state index contributed by atoms with van der Waals surface area (Å²) in [5, 5.41) is 11.7. The fourth-order valence-electron chi connectivity index (χ4n) is 3.62. The van der Waals surface area contributed by atoms with Crippen LogP contribution in [0, 0.1) is 5.82 Å². The number of hydrogen-bond donors (Lipinski definition) is 1. The molecule has 27 heavy (non-hydrogen) atoms. The Labute approximate surface area is 166 Å². The molecule has 4 rings (SSSR count). The first-order chi connectivity index (χ1) is 12.9. The molecular formula is C20H17Cl2FN2O2. The highest BCUT2D eigenvalue weighted by Gasteiger charge is 2.36. The Hall–Kier alpha value is -1.92. The first kappa shape index (κ1) is 18.4. The van der Waals surface area contributed by atoms with Crippen molar-refractivity contribution in [2.45, 2.75) is 25.1 Å². The number of hydrogen-bond acceptors (Lipinski definition) is 4. The topological polar surface area (TPSA) is 49.5 Å². The number of fused-ring (bicyclic) bond motifs is 1. The van der Waals surface area contributed by atoms with Crippen molar-refractivity contribution >= 4 is 23.2 Å². The normalized spacial score (nSPS) is 18.9. The van der Waals surface area contributed by atoms with Gasteiger partial charge >= 0.3 is 0 Å². The van der Waals surface area contributed by atoms with Crippen LogP contribution in [0.5, 0.6) is 0 Å². The molecule has 0 saturated heterocycles. The van der Waals surface area contributed by atoms with Crippen LogP contribution in [0.3, 0.4) is 0 Å². The predicted molar refractivity (Wildman–Crippen MR) is 102 cm³/mol. The van der Waals surface area contributed by atoms with Crippen LogP contribution in [0.15, 0.2) is 47.1 Å². The molecule has 1 N–H and O–H groups in total. The van der Waals surface area contributed by atoms with Gasteiger partial charge in [-0.3, -0.25) is 4.90 Å². The van der Waals surface area contributed by atoms with Gasteiger partial charge < -0.3 is 9.52 Å². The van der Waals surface area contributed by atoms with E-state index in [0.717, 1.165) is 11.1 Å². The average molecular weight is 407 g/mol. The average Bonchev–Trinajstić information content (AvgIpc) is 3.19. The number of rotatable bonds is 4. The van der Waals surface area contributed by atoms with E-state index in [2.05, 4.69) is 4.98 Å². The minimum atomic E-state index is -0.579. The van der Waals surface area contributed by atoms with Gasteiger partial charge in [0.2, 0.25) is 5.89 Å². The first-order valence-electron chi connectivity index (χ1n) is 8.49. The number of oxazole rings is 1. The lowest BCUT2D eigenvalue weighted by molar-refractivity contribution is 0.0718. The third-order valence-electron chi connectivity index (χ3n) is 4.82. The number of aromatic nitrogens is 1. The molecule has 140 valence electrons. The van der Waals surface area contributed by atoms with Crippen LogP contribution in [0.4, 0.5) is 4.39 Å². The highest BCUT2D eigenvalue weighted by molar-refractivity contribution is 6.35. The van der Waals surface area contributed by atoms with Crippen molar-refractivity contribution in [2.24, 2.45) is 0 Å². The fraction of sp³-hybridized carbons (Fsp3) is 0.250. The lowest BCUT2D eigenvalue weighted by Crippen LogP contribution is -2.30. The second-order valence-corrected chi connectivity index (χ2v) is 7.58. The van der Waals surface area contributed by atoms with E-state index in [1.54, 1.807) is 24.5 Å². The van der Waals surface area contributed by atoms with Crippen LogP contribution in [0.2, 0.25) is 10.0 Å². The maximum atomic E-state index is 13.1. The Balaban J connectivity index is 1.55. The van der Waals surface area contributed by atoms with E-state index in [1.165, 1.54) is 12.1 Å². The molecule has 0 bridgehead atoms. The zero-order chi connectivity index (χ0) is 19.1. The van der Waals surface area contributed by atoms with Gasteiger partial charge in [0.15, 0.2) is 0 Å². The van der Waals surface area contributed by atoms with E-state index in [0.29, 0.717) is 40.2 Å². The Morgan fingerprint density at radius 2 is 2.00 bits per heavy atom. The number of likely N-dealkylation sites (N-methyl/N-ethyl adjacent to an activating group) is 1. The van der Waals surface area contributed by atoms with Crippen LogP contribution in [-0.4, -0.2) is 28.1 Å². The highest BCUT2D eigenvalue weighted by Crippen LogP contribution is 2.41. The van der Waals surface area contributed by atoms with E-state index in [4.69, 9.17) is 27.6 Å². The van der Waals surface area contributed by atoms with E-state index in [-0.39, 0.29) is 11.9 Å². The number of aliphatic hydroxyl groups is 1. The maximum absolute atomic E-state index is 13.1. The zero-order valence-electron chi connectivity index (χ0n) is 14.5. The summed E-state index contributed by atoms with van der Waals surface area (Å²) in [6.45, 7) is 0.468. The summed E-state index contributed by atoms with van der Waals surface area (Å²) >= 11 is 12.4. The summed E-state index contributed by atoms with van der Waals surface area (Å²) in [6, 6.07) is 9.29. The van der Waals surface area contributed by atoms with Gasteiger partial charge in [-0.25, -0.2) is 9.37 Å². The molecule has 0 fully saturated rings. The molecule has 4 nitrogen and oxygen atoms in total. The molecule has 1 heterocycles. The van der Waals surface area contributed by atoms with Crippen molar-refractivity contribution in [1.82, 2.24) is 9.88 Å². The van der Waals surface area contributed by atoms with E-state index in [9.17, 15) is 9.50 Å². The van der Waals surface area contributed by atoms with E-state index in [1.807, 2.05) is 18.0 Å². The minimum absolute atomic E-state index is 0.234. The molecule has 0 radical (unpaired) electrons. The molecular weight excluding hydrogens is 390 g/mol. The van der Waals surface area contributed by atoms with Gasteiger partial charge in [0, 0.05) is 28.6 Å². The van der Waals surface area contributed by atoms with Gasteiger partial charge in [-0.2, -0.15) is 0 Å². The van der Waals surface area contributed by atoms with Crippen molar-refractivity contribution in [2.75, 3.05) is 7.05 Å². The first-order valence-corrected chi connectivity index (χ1v) is 9.24. The van der Waals surface area contributed by atoms with Gasteiger partial charge in [-0.1, -0.05) is 23.2 Å². The van der Waals surface area contributed by atoms with Crippen LogP contribution in [0.25, 0.3) is 11.5 Å². The number of nitrogens with zero attached hydrogens (tertiary/aromatic N) is 2. The molecule has 1 aliphatic carbocycles. The van der Waals surface area contributed by atoms with Crippen LogP contribution in [-0.2, 0) is 13.0 Å². The van der Waals surface area contributed by atoms with Crippen molar-refractivity contribution in [3.8, 4) is 11.5 Å². The second-order valence-electron chi connectivity index (χ2n) is 6.74. The fourth-order valence-corrected chi connectivity index (χ4v) is 4.21. The lowest BCUT2D eigenvalue weighted by atomic mass is 10.1. The Morgan fingerprint density at radius 3 is 2.74 bits per heavy atom. The van der Waals surface area contributed by atoms with Gasteiger partial charge in [0.1, 0.15) is 12.1 Å². The molecule has 0 spiro atoms. The highest BCUT2D eigenvalue weighted by atomic mass is 35.5. The lowest BCUT2D eigenvalue weighted by Gasteiger charge is -2.27. The molecule has 2 aromatic carbocycles. The largest absolute Gasteiger partial charge is 0.444 e. The van der Waals surface area contributed by atoms with Gasteiger partial charge in [-0.05, 0) is 54.6 Å². The third kappa shape index (κ3) is 3.60. The van der Waals surface area contributed by atoms with E-state index >= 15 is 0 Å². The van der Waals surface area contributed by atoms with Crippen molar-refractivity contribution < 1.29 is 13.9 Å². The Bertz CT molecular complexity index is 975. The number of benzene rings is 2. The van der Waals surface area contributed by atoms with Gasteiger partial charge in [-0.15, -0.1) is 0 Å². The Kier molecular flexibility index (Phi) is 4.95. The number of aliphatic hydroxyl groups excluding tert-OH is 1. The Morgan fingerprint density at radius 1 is 1.26 bits per heavy atom. The monoisotopic (exact) mass is 406 g/mol. The van der Waals surface area contributed by atoms with Gasteiger partial charge in [0.05, 0.1) is 17.8 Å². The smallest absolute Gasteiger partial charge is 0.226 e. The predicted octanol–water partition coefficient (Wildman–Crippen LogP) is 4.88. The molecule has 0 amide bonds. The number of halogens is 3. The molecule has 2 atom stereocenters. The SMILES string of the molecule is CN(Cc1coc(-c2ccc(F)cc2)n1)C1c2cc(Cl)cc(Cl)c2CC1O. The maximum Gasteiger partial charge on any atom is 0.226 e. The third-order valence-corrected chi connectivity index (χ3v) is 5.38. The summed E-state index contributed by atoms with van der Waals surface area (Å²) in [6.07, 6.45) is 1.48. The molecule has 0 aliphatic heterocycles. The standard InChI is InChI=1S/C20H17Cl2FN2O2/c1-25(19-16-6-12(21)7-17(22)15(16)8-18(19)26)9-14-10-27-20(24-14)11-2-4-13(23)5-3-11/h2-7,10,18-19,26H,8-9H2,1H3. The van der Waals surface area contributed by atoms with Crippen molar-refractivity contribution in [3.63, 3.8) is 0 Å². The molecule has 3 aromatic rings. The van der Waals surface area contributed by atoms with Crippen molar-refractivity contribution in [1.29, 1.82) is 0 Å². The van der Waals surface area contributed by atoms with E-state index < -0.39 is 6.10 Å². The summed E-state index contributed by atoms with van der Waals surface area (Å²) in [5.41, 5.74) is 3.28. The minimum Gasteiger partial charge on any atom is -0.444 e. The molecule has 7 heteroatoms. The van der Waals surface area contributed by atoms with Crippen molar-refractivity contribution in [3.05, 3.63) is 75.3 Å². The molecule has 0 saturated carbocycles. The van der Waals surface area contributed by atoms with Gasteiger partial charge in [0.25, 0.3) is 0 Å². The summed E-state index contributed by atoms with van der Waals surface area (Å²) < 4.78 is 18.6. The van der Waals surface area contributed by atoms with Crippen LogP contribution >= 0.6 is 23.2 Å². The zero-order valence-corrected chi connectivity index (χ0v) is 16.0. The summed E-state index contributed by atoms with van der Waals surface area (Å²) in [4.78, 5) is 6.47.